The van der Waals surface area contributed by atoms with E-state index in [0.717, 1.165) is 0 Å². The zero-order chi connectivity index (χ0) is 9.94. The number of hydrogen-bond acceptors (Lipinski definition) is 5. The Morgan fingerprint density at radius 1 is 1.33 bits per heavy atom. The van der Waals surface area contributed by atoms with E-state index in [1.54, 1.807) is 0 Å². The molecule has 1 unspecified atom stereocenters. The molecule has 0 aliphatic carbocycles. The minimum atomic E-state index is -1.40. The molecule has 1 atom stereocenters. The molecule has 0 aromatic carbocycles. The molecule has 0 heterocycles. The van der Waals surface area contributed by atoms with Crippen LogP contribution < -0.4 is 0 Å². The highest BCUT2D eigenvalue weighted by Crippen LogP contribution is 2.16. The Morgan fingerprint density at radius 2 is 1.75 bits per heavy atom. The molecule has 0 N–H and O–H groups in total. The Bertz CT molecular complexity index is 202. The summed E-state index contributed by atoms with van der Waals surface area (Å²) in [6, 6.07) is -1.12. The zero-order valence-corrected chi connectivity index (χ0v) is 7.01. The largest absolute Gasteiger partial charge is 0.301 e. The first kappa shape index (κ1) is 10.6. The monoisotopic (exact) mass is 178 g/mol. The third-order valence-electron chi connectivity index (χ3n) is 1.63. The summed E-state index contributed by atoms with van der Waals surface area (Å²) in [7, 11) is 0. The van der Waals surface area contributed by atoms with Gasteiger partial charge in [-0.2, -0.15) is 0 Å². The van der Waals surface area contributed by atoms with E-state index in [2.05, 4.69) is 4.84 Å². The third kappa shape index (κ3) is 2.69. The summed E-state index contributed by atoms with van der Waals surface area (Å²) in [5.74, 6) is 0. The van der Waals surface area contributed by atoms with Crippen LogP contribution in [0.5, 0.6) is 0 Å². The maximum absolute atomic E-state index is 10.2. The van der Waals surface area contributed by atoms with Crippen LogP contribution in [-0.2, 0) is 4.84 Å². The summed E-state index contributed by atoms with van der Waals surface area (Å²) in [4.78, 5) is 23.7. The van der Waals surface area contributed by atoms with Gasteiger partial charge in [0.2, 0.25) is 6.04 Å². The molecule has 0 spiro atoms. The standard InChI is InChI=1S/C5H10N2O5/c1-4(6(8)9)5(2,3)12-7(10)11/h4H,1-3H3. The third-order valence-corrected chi connectivity index (χ3v) is 1.63. The molecule has 7 nitrogen and oxygen atoms in total. The summed E-state index contributed by atoms with van der Waals surface area (Å²) in [5.41, 5.74) is -1.40. The van der Waals surface area contributed by atoms with Crippen LogP contribution in [0.1, 0.15) is 20.8 Å². The molecule has 0 saturated heterocycles. The quantitative estimate of drug-likeness (QED) is 0.464. The lowest BCUT2D eigenvalue weighted by atomic mass is 10.0. The molecule has 70 valence electrons. The molecule has 0 rings (SSSR count). The Kier molecular flexibility index (Phi) is 2.94. The van der Waals surface area contributed by atoms with Crippen molar-refractivity contribution in [2.45, 2.75) is 32.4 Å². The van der Waals surface area contributed by atoms with Crippen molar-refractivity contribution in [2.24, 2.45) is 0 Å². The summed E-state index contributed by atoms with van der Waals surface area (Å²) >= 11 is 0. The number of nitro groups is 1. The minimum Gasteiger partial charge on any atom is -0.301 e. The van der Waals surface area contributed by atoms with Crippen molar-refractivity contribution in [1.82, 2.24) is 0 Å². The van der Waals surface area contributed by atoms with Gasteiger partial charge in [0.1, 0.15) is 0 Å². The van der Waals surface area contributed by atoms with Crippen molar-refractivity contribution >= 4 is 0 Å². The topological polar surface area (TPSA) is 95.5 Å². The molecule has 0 aromatic heterocycles. The minimum absolute atomic E-state index is 0.622. The molecule has 12 heavy (non-hydrogen) atoms. The van der Waals surface area contributed by atoms with E-state index < -0.39 is 21.7 Å². The molecular formula is C5H10N2O5. The second-order valence-corrected chi connectivity index (χ2v) is 2.88. The van der Waals surface area contributed by atoms with Gasteiger partial charge in [-0.25, -0.2) is 0 Å². The molecule has 0 bridgehead atoms. The van der Waals surface area contributed by atoms with Crippen molar-refractivity contribution in [3.05, 3.63) is 20.2 Å². The predicted molar refractivity (Wildman–Crippen MR) is 38.6 cm³/mol. The second-order valence-electron chi connectivity index (χ2n) is 2.88. The van der Waals surface area contributed by atoms with Gasteiger partial charge in [-0.05, 0) is 13.8 Å². The SMILES string of the molecule is CC([N+](=O)[O-])C(C)(C)O[N+](=O)[O-]. The lowest BCUT2D eigenvalue weighted by Crippen LogP contribution is -2.43. The van der Waals surface area contributed by atoms with E-state index in [1.807, 2.05) is 0 Å². The van der Waals surface area contributed by atoms with Gasteiger partial charge in [0.25, 0.3) is 5.09 Å². The molecule has 7 heteroatoms. The molecule has 0 fully saturated rings. The van der Waals surface area contributed by atoms with E-state index in [0.29, 0.717) is 0 Å². The fourth-order valence-electron chi connectivity index (χ4n) is 0.522. The van der Waals surface area contributed by atoms with E-state index in [-0.39, 0.29) is 0 Å². The molecule has 0 saturated carbocycles. The van der Waals surface area contributed by atoms with E-state index in [4.69, 9.17) is 0 Å². The fourth-order valence-corrected chi connectivity index (χ4v) is 0.522. The van der Waals surface area contributed by atoms with Crippen LogP contribution in [0.4, 0.5) is 0 Å². The van der Waals surface area contributed by atoms with Crippen molar-refractivity contribution in [1.29, 1.82) is 0 Å². The van der Waals surface area contributed by atoms with Gasteiger partial charge in [0.15, 0.2) is 5.60 Å². The molecule has 0 amide bonds. The van der Waals surface area contributed by atoms with Crippen molar-refractivity contribution in [3.8, 4) is 0 Å². The van der Waals surface area contributed by atoms with Crippen molar-refractivity contribution < 1.29 is 14.8 Å². The highest BCUT2D eigenvalue weighted by atomic mass is 17.0. The van der Waals surface area contributed by atoms with E-state index in [9.17, 15) is 20.2 Å². The summed E-state index contributed by atoms with van der Waals surface area (Å²) in [6.45, 7) is 3.84. The molecule has 0 aromatic rings. The Morgan fingerprint density at radius 3 is 2.00 bits per heavy atom. The zero-order valence-electron chi connectivity index (χ0n) is 7.01. The van der Waals surface area contributed by atoms with Crippen LogP contribution in [0.25, 0.3) is 0 Å². The van der Waals surface area contributed by atoms with E-state index in [1.165, 1.54) is 20.8 Å². The number of nitrogens with zero attached hydrogens (tertiary/aromatic N) is 2. The molecule has 0 aliphatic heterocycles. The van der Waals surface area contributed by atoms with Crippen molar-refractivity contribution in [2.75, 3.05) is 0 Å². The van der Waals surface area contributed by atoms with Gasteiger partial charge in [-0.3, -0.25) is 10.1 Å². The Balaban J connectivity index is 4.38. The first-order chi connectivity index (χ1) is 5.27. The fraction of sp³-hybridized carbons (Fsp3) is 1.00. The Hall–Kier alpha value is -1.40. The lowest BCUT2D eigenvalue weighted by molar-refractivity contribution is -0.790. The van der Waals surface area contributed by atoms with Crippen LogP contribution in [0.15, 0.2) is 0 Å². The average Bonchev–Trinajstić information content (AvgIpc) is 1.82. The second kappa shape index (κ2) is 3.33. The Labute approximate surface area is 68.6 Å². The summed E-state index contributed by atoms with van der Waals surface area (Å²) in [5, 5.41) is 19.1. The first-order valence-electron chi connectivity index (χ1n) is 3.24. The highest BCUT2D eigenvalue weighted by molar-refractivity contribution is 4.73. The first-order valence-corrected chi connectivity index (χ1v) is 3.24. The lowest BCUT2D eigenvalue weighted by Gasteiger charge is -2.22. The number of hydrogen-bond donors (Lipinski definition) is 0. The van der Waals surface area contributed by atoms with Crippen LogP contribution in [0.3, 0.4) is 0 Å². The average molecular weight is 178 g/mol. The predicted octanol–water partition coefficient (Wildman–Crippen LogP) is 0.638. The highest BCUT2D eigenvalue weighted by Gasteiger charge is 2.38. The van der Waals surface area contributed by atoms with Crippen LogP contribution in [0, 0.1) is 20.2 Å². The van der Waals surface area contributed by atoms with Gasteiger partial charge >= 0.3 is 0 Å². The van der Waals surface area contributed by atoms with Crippen LogP contribution in [-0.4, -0.2) is 21.7 Å². The van der Waals surface area contributed by atoms with E-state index >= 15 is 0 Å². The van der Waals surface area contributed by atoms with Crippen LogP contribution >= 0.6 is 0 Å². The maximum atomic E-state index is 10.2. The molecule has 0 radical (unpaired) electrons. The number of rotatable bonds is 4. The van der Waals surface area contributed by atoms with Gasteiger partial charge in [0, 0.05) is 11.8 Å². The van der Waals surface area contributed by atoms with Gasteiger partial charge in [-0.1, -0.05) is 0 Å². The molecule has 0 aliphatic rings. The van der Waals surface area contributed by atoms with Gasteiger partial charge in [-0.15, -0.1) is 10.1 Å². The van der Waals surface area contributed by atoms with Gasteiger partial charge in [0.05, 0.1) is 0 Å². The summed E-state index contributed by atoms with van der Waals surface area (Å²) < 4.78 is 0. The van der Waals surface area contributed by atoms with Crippen molar-refractivity contribution in [3.63, 3.8) is 0 Å². The smallest absolute Gasteiger partial charge is 0.295 e. The maximum Gasteiger partial charge on any atom is 0.295 e. The van der Waals surface area contributed by atoms with Crippen LogP contribution in [0.2, 0.25) is 0 Å². The molecular weight excluding hydrogens is 168 g/mol. The van der Waals surface area contributed by atoms with Gasteiger partial charge < -0.3 is 4.84 Å². The summed E-state index contributed by atoms with van der Waals surface area (Å²) in [6.07, 6.45) is 0. The normalized spacial score (nSPS) is 13.6.